The molecule has 0 radical (unpaired) electrons. The fourth-order valence-corrected chi connectivity index (χ4v) is 3.18. The summed E-state index contributed by atoms with van der Waals surface area (Å²) >= 11 is 0. The molecule has 1 atom stereocenters. The third-order valence-electron chi connectivity index (χ3n) is 5.01. The minimum absolute atomic E-state index is 0.142. The molecule has 0 aliphatic rings. The lowest BCUT2D eigenvalue weighted by Gasteiger charge is -2.22. The zero-order valence-corrected chi connectivity index (χ0v) is 18.4. The number of rotatable bonds is 7. The molecule has 0 fully saturated rings. The van der Waals surface area contributed by atoms with Crippen LogP contribution in [0, 0.1) is 12.8 Å². The lowest BCUT2D eigenvalue weighted by atomic mass is 10.0. The number of aryl methyl sites for hydroxylation is 1. The quantitative estimate of drug-likeness (QED) is 0.511. The molecule has 1 unspecified atom stereocenters. The van der Waals surface area contributed by atoms with Crippen molar-refractivity contribution in [3.8, 4) is 0 Å². The van der Waals surface area contributed by atoms with E-state index in [1.807, 2.05) is 51.1 Å². The molecule has 0 heterocycles. The molecular weight excluding hydrogens is 402 g/mol. The lowest BCUT2D eigenvalue weighted by Crippen LogP contribution is -2.47. The zero-order chi connectivity index (χ0) is 23.1. The topological polar surface area (TPSA) is 87.3 Å². The van der Waals surface area contributed by atoms with E-state index < -0.39 is 11.9 Å². The third-order valence-corrected chi connectivity index (χ3v) is 5.01. The molecule has 0 aliphatic carbocycles. The first kappa shape index (κ1) is 22.7. The van der Waals surface area contributed by atoms with Crippen LogP contribution in [0.3, 0.4) is 0 Å². The predicted octanol–water partition coefficient (Wildman–Crippen LogP) is 4.64. The molecule has 6 heteroatoms. The van der Waals surface area contributed by atoms with Crippen molar-refractivity contribution in [2.45, 2.75) is 26.8 Å². The van der Waals surface area contributed by atoms with Crippen molar-refractivity contribution >= 4 is 29.1 Å². The van der Waals surface area contributed by atoms with Crippen LogP contribution in [-0.2, 0) is 4.79 Å². The Labute approximate surface area is 188 Å². The number of amides is 3. The van der Waals surface area contributed by atoms with Gasteiger partial charge in [0, 0.05) is 11.3 Å². The number of carbonyl (C=O) groups excluding carboxylic acids is 3. The Morgan fingerprint density at radius 2 is 1.34 bits per heavy atom. The Morgan fingerprint density at radius 1 is 0.719 bits per heavy atom. The number of nitrogens with one attached hydrogen (secondary N) is 3. The first-order valence-electron chi connectivity index (χ1n) is 10.5. The molecule has 0 saturated carbocycles. The van der Waals surface area contributed by atoms with Gasteiger partial charge in [0.15, 0.2) is 0 Å². The molecule has 32 heavy (non-hydrogen) atoms. The monoisotopic (exact) mass is 429 g/mol. The minimum Gasteiger partial charge on any atom is -0.340 e. The van der Waals surface area contributed by atoms with Crippen molar-refractivity contribution in [2.24, 2.45) is 5.92 Å². The highest BCUT2D eigenvalue weighted by Crippen LogP contribution is 2.18. The van der Waals surface area contributed by atoms with Gasteiger partial charge in [0.2, 0.25) is 5.91 Å². The van der Waals surface area contributed by atoms with E-state index >= 15 is 0 Å². The maximum absolute atomic E-state index is 13.1. The van der Waals surface area contributed by atoms with Gasteiger partial charge in [0.25, 0.3) is 11.8 Å². The van der Waals surface area contributed by atoms with E-state index in [-0.39, 0.29) is 23.3 Å². The van der Waals surface area contributed by atoms with Crippen LogP contribution >= 0.6 is 0 Å². The number of anilines is 2. The highest BCUT2D eigenvalue weighted by atomic mass is 16.2. The van der Waals surface area contributed by atoms with E-state index in [0.717, 1.165) is 5.56 Å². The number of para-hydroxylation sites is 2. The fourth-order valence-electron chi connectivity index (χ4n) is 3.18. The number of carbonyl (C=O) groups is 3. The molecule has 3 N–H and O–H groups in total. The molecule has 0 aromatic heterocycles. The van der Waals surface area contributed by atoms with Gasteiger partial charge in [-0.05, 0) is 49.2 Å². The standard InChI is InChI=1S/C26H27N3O3/c1-17(2)23(26(32)27-20-9-5-4-6-10-20)29-25(31)21-11-7-8-12-22(21)28-24(30)19-15-13-18(3)14-16-19/h4-17,23H,1-3H3,(H,27,32)(H,28,30)(H,29,31). The number of hydrogen-bond donors (Lipinski definition) is 3. The summed E-state index contributed by atoms with van der Waals surface area (Å²) in [5, 5.41) is 8.44. The van der Waals surface area contributed by atoms with Crippen LogP contribution < -0.4 is 16.0 Å². The average Bonchev–Trinajstić information content (AvgIpc) is 2.78. The molecule has 0 spiro atoms. The Morgan fingerprint density at radius 3 is 2.00 bits per heavy atom. The van der Waals surface area contributed by atoms with Gasteiger partial charge in [-0.25, -0.2) is 0 Å². The van der Waals surface area contributed by atoms with Crippen LogP contribution in [0.2, 0.25) is 0 Å². The van der Waals surface area contributed by atoms with Crippen LogP contribution in [0.4, 0.5) is 11.4 Å². The van der Waals surface area contributed by atoms with Gasteiger partial charge in [0.05, 0.1) is 11.3 Å². The van der Waals surface area contributed by atoms with E-state index in [2.05, 4.69) is 16.0 Å². The molecule has 0 saturated heterocycles. The van der Waals surface area contributed by atoms with Gasteiger partial charge in [-0.15, -0.1) is 0 Å². The number of benzene rings is 3. The van der Waals surface area contributed by atoms with Crippen LogP contribution in [-0.4, -0.2) is 23.8 Å². The molecule has 3 amide bonds. The maximum atomic E-state index is 13.1. The van der Waals surface area contributed by atoms with Crippen LogP contribution in [0.25, 0.3) is 0 Å². The van der Waals surface area contributed by atoms with Crippen LogP contribution in [0.1, 0.15) is 40.1 Å². The van der Waals surface area contributed by atoms with Crippen molar-refractivity contribution in [2.75, 3.05) is 10.6 Å². The van der Waals surface area contributed by atoms with E-state index in [9.17, 15) is 14.4 Å². The van der Waals surface area contributed by atoms with Crippen molar-refractivity contribution in [1.82, 2.24) is 5.32 Å². The second-order valence-corrected chi connectivity index (χ2v) is 7.92. The Hall–Kier alpha value is -3.93. The summed E-state index contributed by atoms with van der Waals surface area (Å²) in [5.74, 6) is -1.20. The van der Waals surface area contributed by atoms with Gasteiger partial charge in [-0.1, -0.05) is 61.9 Å². The van der Waals surface area contributed by atoms with E-state index in [1.165, 1.54) is 0 Å². The van der Waals surface area contributed by atoms with E-state index in [1.54, 1.807) is 48.5 Å². The molecule has 3 aromatic rings. The molecule has 0 aliphatic heterocycles. The number of hydrogen-bond acceptors (Lipinski definition) is 3. The summed E-state index contributed by atoms with van der Waals surface area (Å²) in [6.45, 7) is 5.67. The van der Waals surface area contributed by atoms with Crippen molar-refractivity contribution in [3.63, 3.8) is 0 Å². The van der Waals surface area contributed by atoms with Crippen molar-refractivity contribution in [3.05, 3.63) is 95.6 Å². The molecule has 6 nitrogen and oxygen atoms in total. The normalized spacial score (nSPS) is 11.5. The molecule has 3 aromatic carbocycles. The van der Waals surface area contributed by atoms with Crippen LogP contribution in [0.15, 0.2) is 78.9 Å². The Bertz CT molecular complexity index is 1090. The summed E-state index contributed by atoms with van der Waals surface area (Å²) in [6, 6.07) is 22.2. The van der Waals surface area contributed by atoms with Crippen molar-refractivity contribution in [1.29, 1.82) is 0 Å². The molecule has 0 bridgehead atoms. The molecular formula is C26H27N3O3. The fraction of sp³-hybridized carbons (Fsp3) is 0.192. The SMILES string of the molecule is Cc1ccc(C(=O)Nc2ccccc2C(=O)NC(C(=O)Nc2ccccc2)C(C)C)cc1. The van der Waals surface area contributed by atoms with E-state index in [0.29, 0.717) is 16.9 Å². The second kappa shape index (κ2) is 10.4. The minimum atomic E-state index is -0.747. The molecule has 3 rings (SSSR count). The summed E-state index contributed by atoms with van der Waals surface area (Å²) in [4.78, 5) is 38.5. The van der Waals surface area contributed by atoms with Gasteiger partial charge in [-0.2, -0.15) is 0 Å². The van der Waals surface area contributed by atoms with Gasteiger partial charge >= 0.3 is 0 Å². The summed E-state index contributed by atoms with van der Waals surface area (Å²) in [6.07, 6.45) is 0. The second-order valence-electron chi connectivity index (χ2n) is 7.92. The average molecular weight is 430 g/mol. The first-order chi connectivity index (χ1) is 15.3. The van der Waals surface area contributed by atoms with Gasteiger partial charge in [-0.3, -0.25) is 14.4 Å². The van der Waals surface area contributed by atoms with E-state index in [4.69, 9.17) is 0 Å². The smallest absolute Gasteiger partial charge is 0.255 e. The maximum Gasteiger partial charge on any atom is 0.255 e. The predicted molar refractivity (Wildman–Crippen MR) is 127 cm³/mol. The summed E-state index contributed by atoms with van der Waals surface area (Å²) in [7, 11) is 0. The zero-order valence-electron chi connectivity index (χ0n) is 18.4. The summed E-state index contributed by atoms with van der Waals surface area (Å²) in [5.41, 5.74) is 2.86. The Kier molecular flexibility index (Phi) is 7.39. The lowest BCUT2D eigenvalue weighted by molar-refractivity contribution is -0.118. The third kappa shape index (κ3) is 5.82. The van der Waals surface area contributed by atoms with Crippen molar-refractivity contribution < 1.29 is 14.4 Å². The largest absolute Gasteiger partial charge is 0.340 e. The summed E-state index contributed by atoms with van der Waals surface area (Å²) < 4.78 is 0. The molecule has 164 valence electrons. The highest BCUT2D eigenvalue weighted by Gasteiger charge is 2.26. The Balaban J connectivity index is 1.75. The van der Waals surface area contributed by atoms with Gasteiger partial charge in [0.1, 0.15) is 6.04 Å². The van der Waals surface area contributed by atoms with Crippen LogP contribution in [0.5, 0.6) is 0 Å². The first-order valence-corrected chi connectivity index (χ1v) is 10.5. The highest BCUT2D eigenvalue weighted by molar-refractivity contribution is 6.10. The van der Waals surface area contributed by atoms with Gasteiger partial charge < -0.3 is 16.0 Å².